The van der Waals surface area contributed by atoms with Crippen LogP contribution in [0.15, 0.2) is 46.6 Å². The highest BCUT2D eigenvalue weighted by Crippen LogP contribution is 2.50. The van der Waals surface area contributed by atoms with E-state index in [9.17, 15) is 15.4 Å². The van der Waals surface area contributed by atoms with Crippen LogP contribution in [0.25, 0.3) is 5.57 Å². The minimum atomic E-state index is -1.11. The van der Waals surface area contributed by atoms with Gasteiger partial charge in [0.2, 0.25) is 0 Å². The number of benzene rings is 2. The summed E-state index contributed by atoms with van der Waals surface area (Å²) in [5, 5.41) is 38.2. The Labute approximate surface area is 273 Å². The minimum absolute atomic E-state index is 0.0630. The van der Waals surface area contributed by atoms with E-state index in [-0.39, 0.29) is 22.5 Å². The highest BCUT2D eigenvalue weighted by Gasteiger charge is 2.33. The quantitative estimate of drug-likeness (QED) is 0.0575. The van der Waals surface area contributed by atoms with Gasteiger partial charge in [0.05, 0.1) is 48.8 Å². The van der Waals surface area contributed by atoms with Gasteiger partial charge in [-0.05, 0) is 63.2 Å². The van der Waals surface area contributed by atoms with Crippen LogP contribution in [0.3, 0.4) is 0 Å². The molecule has 0 fully saturated rings. The number of non-ortho nitro benzene ring substituents is 1. The van der Waals surface area contributed by atoms with E-state index in [1.54, 1.807) is 7.11 Å². The second-order valence-corrected chi connectivity index (χ2v) is 14.2. The first-order valence-electron chi connectivity index (χ1n) is 15.6. The smallest absolute Gasteiger partial charge is 0.270 e. The lowest BCUT2D eigenvalue weighted by molar-refractivity contribution is -0.384. The van der Waals surface area contributed by atoms with Crippen LogP contribution in [0.5, 0.6) is 5.75 Å². The van der Waals surface area contributed by atoms with Crippen molar-refractivity contribution < 1.29 is 18.7 Å². The molecule has 0 radical (unpaired) electrons. The Morgan fingerprint density at radius 2 is 1.70 bits per heavy atom. The molecule has 1 aliphatic rings. The topological polar surface area (TPSA) is 146 Å². The van der Waals surface area contributed by atoms with E-state index < -0.39 is 13.3 Å². The first-order chi connectivity index (χ1) is 21.8. The van der Waals surface area contributed by atoms with Gasteiger partial charge in [-0.1, -0.05) is 33.8 Å². The van der Waals surface area contributed by atoms with Crippen molar-refractivity contribution in [1.29, 1.82) is 10.5 Å². The molecular weight excluding hydrogens is 603 g/mol. The van der Waals surface area contributed by atoms with Crippen molar-refractivity contribution in [3.63, 3.8) is 0 Å². The largest absolute Gasteiger partial charge is 0.494 e. The molecule has 2 aromatic rings. The summed E-state index contributed by atoms with van der Waals surface area (Å²) in [6.45, 7) is 17.0. The average Bonchev–Trinajstić information content (AvgIpc) is 2.99. The fourth-order valence-electron chi connectivity index (χ4n) is 5.84. The van der Waals surface area contributed by atoms with Gasteiger partial charge < -0.3 is 18.7 Å². The normalized spacial score (nSPS) is 14.7. The number of unbranched alkanes of at least 4 members (excludes halogenated alkanes) is 1. The molecule has 3 rings (SSSR count). The standard InChI is InChI=1S/C34H45N6O5P/c1-23(2)33(24(3)4)46(45-17-11-14-35)44-16-10-9-15-39-31-20-32(43-8)30(19-28(31)25(5)21-34(39,6)7)38-37-29-13-12-27(40(41)42)18-26(29)22-36/h12-13,18-21,23-24,33H,9-11,15-17H2,1-8H3/b38-37+. The molecule has 0 bridgehead atoms. The maximum atomic E-state index is 11.1. The van der Waals surface area contributed by atoms with Crippen LogP contribution in [-0.4, -0.2) is 43.0 Å². The second kappa shape index (κ2) is 16.6. The number of fused-ring (bicyclic) bond motifs is 1. The van der Waals surface area contributed by atoms with Crippen LogP contribution in [0, 0.1) is 44.6 Å². The highest BCUT2D eigenvalue weighted by molar-refractivity contribution is 7.48. The van der Waals surface area contributed by atoms with Gasteiger partial charge in [0.15, 0.2) is 8.38 Å². The Kier molecular flexibility index (Phi) is 13.2. The third-order valence-electron chi connectivity index (χ3n) is 7.89. The Hall–Kier alpha value is -3.89. The van der Waals surface area contributed by atoms with E-state index in [0.717, 1.165) is 36.2 Å². The summed E-state index contributed by atoms with van der Waals surface area (Å²) in [6.07, 6.45) is 4.34. The van der Waals surface area contributed by atoms with E-state index in [1.807, 2.05) is 18.2 Å². The lowest BCUT2D eigenvalue weighted by Gasteiger charge is -2.43. The number of hydrogen-bond acceptors (Lipinski definition) is 10. The van der Waals surface area contributed by atoms with Gasteiger partial charge in [0.1, 0.15) is 23.2 Å². The number of hydrogen-bond donors (Lipinski definition) is 0. The van der Waals surface area contributed by atoms with Gasteiger partial charge in [-0.3, -0.25) is 10.1 Å². The summed E-state index contributed by atoms with van der Waals surface area (Å²) in [7, 11) is 0.464. The summed E-state index contributed by atoms with van der Waals surface area (Å²) < 4.78 is 18.2. The van der Waals surface area contributed by atoms with Gasteiger partial charge in [-0.15, -0.1) is 10.2 Å². The summed E-state index contributed by atoms with van der Waals surface area (Å²) in [5.74, 6) is 1.35. The number of azo groups is 1. The summed E-state index contributed by atoms with van der Waals surface area (Å²) >= 11 is 0. The van der Waals surface area contributed by atoms with Gasteiger partial charge in [0, 0.05) is 41.7 Å². The zero-order valence-electron chi connectivity index (χ0n) is 28.1. The number of anilines is 1. The van der Waals surface area contributed by atoms with Crippen molar-refractivity contribution in [2.75, 3.05) is 31.8 Å². The number of allylic oxidation sites excluding steroid dienone is 1. The van der Waals surface area contributed by atoms with E-state index in [4.69, 9.17) is 19.0 Å². The lowest BCUT2D eigenvalue weighted by Crippen LogP contribution is -2.45. The number of ether oxygens (including phenoxy) is 1. The molecule has 0 spiro atoms. The molecule has 12 heteroatoms. The van der Waals surface area contributed by atoms with Crippen molar-refractivity contribution in [3.05, 3.63) is 57.6 Å². The number of nitro groups is 1. The molecule has 46 heavy (non-hydrogen) atoms. The van der Waals surface area contributed by atoms with Gasteiger partial charge in [-0.25, -0.2) is 0 Å². The third kappa shape index (κ3) is 9.10. The zero-order valence-corrected chi connectivity index (χ0v) is 29.0. The van der Waals surface area contributed by atoms with Gasteiger partial charge >= 0.3 is 0 Å². The van der Waals surface area contributed by atoms with Crippen LogP contribution in [0.1, 0.15) is 78.9 Å². The van der Waals surface area contributed by atoms with E-state index in [2.05, 4.69) is 75.7 Å². The number of nitrogens with zero attached hydrogens (tertiary/aromatic N) is 6. The molecule has 1 aliphatic heterocycles. The SMILES string of the molecule is COc1cc2c(cc1/N=N/c1ccc([N+](=O)[O-])cc1C#N)C(C)=CC(C)(C)N2CCCCOP(OCCC#N)C(C(C)C)C(C)C. The van der Waals surface area contributed by atoms with Crippen molar-refractivity contribution in [1.82, 2.24) is 0 Å². The molecule has 0 N–H and O–H groups in total. The van der Waals surface area contributed by atoms with Gasteiger partial charge in [-0.2, -0.15) is 10.5 Å². The maximum Gasteiger partial charge on any atom is 0.270 e. The molecule has 1 atom stereocenters. The molecular formula is C34H45N6O5P. The van der Waals surface area contributed by atoms with Crippen molar-refractivity contribution in [3.8, 4) is 17.9 Å². The number of nitro benzene ring substituents is 1. The Balaban J connectivity index is 1.79. The Bertz CT molecular complexity index is 1520. The average molecular weight is 649 g/mol. The van der Waals surface area contributed by atoms with Crippen LogP contribution < -0.4 is 9.64 Å². The summed E-state index contributed by atoms with van der Waals surface area (Å²) in [6, 6.07) is 11.9. The highest BCUT2D eigenvalue weighted by atomic mass is 31.2. The Morgan fingerprint density at radius 3 is 2.30 bits per heavy atom. The van der Waals surface area contributed by atoms with Gasteiger partial charge in [0.25, 0.3) is 5.69 Å². The minimum Gasteiger partial charge on any atom is -0.494 e. The molecule has 1 unspecified atom stereocenters. The predicted molar refractivity (Wildman–Crippen MR) is 182 cm³/mol. The second-order valence-electron chi connectivity index (χ2n) is 12.5. The fourth-order valence-corrected chi connectivity index (χ4v) is 7.81. The number of rotatable bonds is 16. The van der Waals surface area contributed by atoms with Crippen LogP contribution in [-0.2, 0) is 9.05 Å². The maximum absolute atomic E-state index is 11.1. The first kappa shape index (κ1) is 36.6. The summed E-state index contributed by atoms with van der Waals surface area (Å²) in [5.41, 5.74) is 3.76. The Morgan fingerprint density at radius 1 is 1.02 bits per heavy atom. The van der Waals surface area contributed by atoms with E-state index in [1.165, 1.54) is 18.2 Å². The number of nitriles is 2. The molecule has 246 valence electrons. The molecule has 1 heterocycles. The molecule has 11 nitrogen and oxygen atoms in total. The van der Waals surface area contributed by atoms with Crippen molar-refractivity contribution in [2.24, 2.45) is 22.1 Å². The number of methoxy groups -OCH3 is 1. The molecule has 0 aromatic heterocycles. The van der Waals surface area contributed by atoms with Crippen molar-refractivity contribution >= 4 is 36.7 Å². The lowest BCUT2D eigenvalue weighted by atomic mass is 9.88. The molecule has 0 aliphatic carbocycles. The molecule has 0 amide bonds. The first-order valence-corrected chi connectivity index (χ1v) is 16.8. The summed E-state index contributed by atoms with van der Waals surface area (Å²) in [4.78, 5) is 12.9. The zero-order chi connectivity index (χ0) is 34.0. The van der Waals surface area contributed by atoms with E-state index >= 15 is 0 Å². The molecule has 0 saturated heterocycles. The van der Waals surface area contributed by atoms with Crippen molar-refractivity contribution in [2.45, 2.75) is 78.9 Å². The monoisotopic (exact) mass is 648 g/mol. The fraction of sp³-hybridized carbons (Fsp3) is 0.529. The molecule has 0 saturated carbocycles. The van der Waals surface area contributed by atoms with Crippen LogP contribution in [0.4, 0.5) is 22.7 Å². The van der Waals surface area contributed by atoms with Crippen LogP contribution >= 0.6 is 8.38 Å². The molecule has 2 aromatic carbocycles. The predicted octanol–water partition coefficient (Wildman–Crippen LogP) is 9.61. The third-order valence-corrected chi connectivity index (χ3v) is 10.4. The van der Waals surface area contributed by atoms with E-state index in [0.29, 0.717) is 48.6 Å². The van der Waals surface area contributed by atoms with Crippen LogP contribution in [0.2, 0.25) is 0 Å².